The van der Waals surface area contributed by atoms with Crippen molar-refractivity contribution in [3.8, 4) is 0 Å². The summed E-state index contributed by atoms with van der Waals surface area (Å²) in [5, 5.41) is 14.1. The number of allylic oxidation sites excluding steroid dienone is 2. The van der Waals surface area contributed by atoms with Gasteiger partial charge in [-0.1, -0.05) is 18.2 Å². The number of nitrogens with zero attached hydrogens (tertiary/aromatic N) is 1. The molecule has 0 saturated carbocycles. The van der Waals surface area contributed by atoms with Crippen LogP contribution in [0, 0.1) is 11.6 Å². The molecule has 0 bridgehead atoms. The number of aliphatic hydroxyl groups is 1. The van der Waals surface area contributed by atoms with Crippen molar-refractivity contribution in [3.63, 3.8) is 0 Å². The van der Waals surface area contributed by atoms with Crippen LogP contribution < -0.4 is 10.6 Å². The largest absolute Gasteiger partial charge is 0.395 e. The Kier molecular flexibility index (Phi) is 7.15. The maximum Gasteiger partial charge on any atom is 0.267 e. The minimum absolute atomic E-state index is 0.149. The fourth-order valence-corrected chi connectivity index (χ4v) is 3.00. The summed E-state index contributed by atoms with van der Waals surface area (Å²) in [6.45, 7) is 0.00675. The van der Waals surface area contributed by atoms with Crippen molar-refractivity contribution in [3.05, 3.63) is 52.7 Å². The van der Waals surface area contributed by atoms with Crippen molar-refractivity contribution < 1.29 is 18.7 Å². The van der Waals surface area contributed by atoms with Crippen LogP contribution in [0.1, 0.15) is 12.0 Å². The Morgan fingerprint density at radius 2 is 2.24 bits per heavy atom. The molecule has 2 rings (SSSR count). The van der Waals surface area contributed by atoms with Crippen LogP contribution in [0.15, 0.2) is 39.9 Å². The number of carbonyl (C=O) groups excluding carboxylic acids is 1. The Balaban J connectivity index is 2.29. The second-order valence-electron chi connectivity index (χ2n) is 5.18. The van der Waals surface area contributed by atoms with E-state index in [4.69, 9.17) is 5.11 Å². The number of benzene rings is 1. The van der Waals surface area contributed by atoms with Crippen LogP contribution in [0.3, 0.4) is 0 Å². The van der Waals surface area contributed by atoms with E-state index in [1.54, 1.807) is 13.1 Å². The van der Waals surface area contributed by atoms with Crippen LogP contribution in [0.4, 0.5) is 8.78 Å². The van der Waals surface area contributed by atoms with Crippen LogP contribution in [0.5, 0.6) is 0 Å². The predicted molar refractivity (Wildman–Crippen MR) is 96.1 cm³/mol. The van der Waals surface area contributed by atoms with Crippen LogP contribution in [-0.4, -0.2) is 43.2 Å². The fraction of sp³-hybridized carbons (Fsp3) is 0.294. The molecule has 1 aromatic carbocycles. The summed E-state index contributed by atoms with van der Waals surface area (Å²) in [6.07, 6.45) is 3.58. The van der Waals surface area contributed by atoms with E-state index in [0.29, 0.717) is 23.4 Å². The maximum absolute atomic E-state index is 14.1. The summed E-state index contributed by atoms with van der Waals surface area (Å²) in [7, 11) is 1.61. The molecule has 0 atom stereocenters. The van der Waals surface area contributed by atoms with Crippen molar-refractivity contribution in [2.45, 2.75) is 6.42 Å². The normalized spacial score (nSPS) is 14.6. The Morgan fingerprint density at radius 3 is 2.96 bits per heavy atom. The highest BCUT2D eigenvalue weighted by Crippen LogP contribution is 2.30. The Labute approximate surface area is 149 Å². The van der Waals surface area contributed by atoms with Crippen molar-refractivity contribution >= 4 is 29.6 Å². The number of amides is 1. The number of hydrogen-bond acceptors (Lipinski definition) is 5. The zero-order valence-corrected chi connectivity index (χ0v) is 14.5. The Bertz CT molecular complexity index is 733. The number of rotatable bonds is 7. The quantitative estimate of drug-likeness (QED) is 0.509. The highest BCUT2D eigenvalue weighted by Gasteiger charge is 2.17. The number of likely N-dealkylation sites (N-methyl/N-ethyl adjacent to an activating group) is 1. The average Bonchev–Trinajstić information content (AvgIpc) is 2.63. The zero-order valence-electron chi connectivity index (χ0n) is 13.7. The van der Waals surface area contributed by atoms with Gasteiger partial charge in [0.05, 0.1) is 12.3 Å². The molecule has 25 heavy (non-hydrogen) atoms. The first-order valence-electron chi connectivity index (χ1n) is 7.67. The van der Waals surface area contributed by atoms with E-state index >= 15 is 0 Å². The highest BCUT2D eigenvalue weighted by molar-refractivity contribution is 7.98. The van der Waals surface area contributed by atoms with Gasteiger partial charge in [0.2, 0.25) is 0 Å². The van der Waals surface area contributed by atoms with E-state index < -0.39 is 11.6 Å². The van der Waals surface area contributed by atoms with Gasteiger partial charge in [0.15, 0.2) is 11.6 Å². The van der Waals surface area contributed by atoms with Crippen LogP contribution in [0.2, 0.25) is 0 Å². The first-order chi connectivity index (χ1) is 12.1. The number of hydrogen-bond donors (Lipinski definition) is 3. The molecule has 0 aliphatic carbocycles. The first kappa shape index (κ1) is 19.1. The van der Waals surface area contributed by atoms with Crippen LogP contribution in [-0.2, 0) is 4.79 Å². The second-order valence-corrected chi connectivity index (χ2v) is 5.94. The average molecular weight is 367 g/mol. The van der Waals surface area contributed by atoms with Crippen molar-refractivity contribution in [2.24, 2.45) is 4.40 Å². The van der Waals surface area contributed by atoms with E-state index in [9.17, 15) is 13.6 Å². The van der Waals surface area contributed by atoms with Crippen molar-refractivity contribution in [1.29, 1.82) is 0 Å². The number of halogens is 2. The third-order valence-electron chi connectivity index (χ3n) is 3.58. The van der Waals surface area contributed by atoms with Crippen molar-refractivity contribution in [1.82, 2.24) is 10.6 Å². The molecule has 134 valence electrons. The van der Waals surface area contributed by atoms with Crippen LogP contribution in [0.25, 0.3) is 5.57 Å². The van der Waals surface area contributed by atoms with Gasteiger partial charge in [-0.05, 0) is 30.0 Å². The molecule has 5 nitrogen and oxygen atoms in total. The monoisotopic (exact) mass is 367 g/mol. The molecular formula is C17H19F2N3O2S. The van der Waals surface area contributed by atoms with Gasteiger partial charge in [-0.3, -0.25) is 4.79 Å². The molecule has 0 spiro atoms. The molecule has 1 amide bonds. The van der Waals surface area contributed by atoms with Gasteiger partial charge < -0.3 is 15.7 Å². The molecule has 0 fully saturated rings. The van der Waals surface area contributed by atoms with E-state index in [1.165, 1.54) is 30.3 Å². The number of nitrogens with one attached hydrogen (secondary N) is 2. The molecule has 0 unspecified atom stereocenters. The molecular weight excluding hydrogens is 348 g/mol. The molecule has 1 aliphatic heterocycles. The molecule has 0 radical (unpaired) electrons. The third-order valence-corrected chi connectivity index (χ3v) is 4.31. The minimum atomic E-state index is -0.911. The van der Waals surface area contributed by atoms with E-state index in [2.05, 4.69) is 15.0 Å². The van der Waals surface area contributed by atoms with Gasteiger partial charge in [0, 0.05) is 36.7 Å². The minimum Gasteiger partial charge on any atom is -0.395 e. The molecule has 0 saturated heterocycles. The predicted octanol–water partition coefficient (Wildman–Crippen LogP) is 2.05. The van der Waals surface area contributed by atoms with Crippen LogP contribution >= 0.6 is 11.9 Å². The molecule has 3 N–H and O–H groups in total. The molecule has 8 heteroatoms. The lowest BCUT2D eigenvalue weighted by atomic mass is 9.98. The SMILES string of the molecule is CN/C(=C\CC1=C(c2cccc(F)c2F)C=NSC1)C(=O)NCCO. The number of aliphatic hydroxyl groups excluding tert-OH is 1. The topological polar surface area (TPSA) is 73.7 Å². The van der Waals surface area contributed by atoms with Crippen molar-refractivity contribution in [2.75, 3.05) is 26.0 Å². The summed E-state index contributed by atoms with van der Waals surface area (Å²) in [4.78, 5) is 11.9. The summed E-state index contributed by atoms with van der Waals surface area (Å²) < 4.78 is 31.7. The lowest BCUT2D eigenvalue weighted by Crippen LogP contribution is -2.32. The third kappa shape index (κ3) is 4.90. The lowest BCUT2D eigenvalue weighted by Gasteiger charge is -2.15. The smallest absolute Gasteiger partial charge is 0.267 e. The zero-order chi connectivity index (χ0) is 18.2. The van der Waals surface area contributed by atoms with Gasteiger partial charge in [-0.15, -0.1) is 0 Å². The molecule has 1 aromatic rings. The molecule has 0 aromatic heterocycles. The Hall–Kier alpha value is -2.19. The maximum atomic E-state index is 14.1. The van der Waals surface area contributed by atoms with E-state index in [1.807, 2.05) is 0 Å². The Morgan fingerprint density at radius 1 is 1.44 bits per heavy atom. The van der Waals surface area contributed by atoms with Gasteiger partial charge in [0.1, 0.15) is 0 Å². The lowest BCUT2D eigenvalue weighted by molar-refractivity contribution is -0.118. The van der Waals surface area contributed by atoms with Gasteiger partial charge in [0.25, 0.3) is 5.91 Å². The second kappa shape index (κ2) is 9.33. The first-order valence-corrected chi connectivity index (χ1v) is 8.61. The summed E-state index contributed by atoms with van der Waals surface area (Å²) in [5.74, 6) is -1.64. The molecule has 1 aliphatic rings. The fourth-order valence-electron chi connectivity index (χ4n) is 2.31. The van der Waals surface area contributed by atoms with Gasteiger partial charge in [-0.2, -0.15) is 0 Å². The summed E-state index contributed by atoms with van der Waals surface area (Å²) in [6, 6.07) is 4.02. The number of carbonyl (C=O) groups is 1. The van der Waals surface area contributed by atoms with E-state index in [0.717, 1.165) is 11.6 Å². The standard InChI is InChI=1S/C17H19F2N3O2S/c1-20-15(17(24)21-7-8-23)6-5-11-10-25-22-9-13(11)12-3-2-4-14(18)16(12)19/h2-4,6,9,20,23H,5,7-8,10H2,1H3,(H,21,24)/b15-6-. The van der Waals surface area contributed by atoms with Gasteiger partial charge in [-0.25, -0.2) is 13.2 Å². The highest BCUT2D eigenvalue weighted by atomic mass is 32.2. The summed E-state index contributed by atoms with van der Waals surface area (Å²) >= 11 is 1.31. The van der Waals surface area contributed by atoms with E-state index in [-0.39, 0.29) is 24.6 Å². The molecule has 1 heterocycles. The van der Waals surface area contributed by atoms with Gasteiger partial charge >= 0.3 is 0 Å². The summed E-state index contributed by atoms with van der Waals surface area (Å²) in [5.41, 5.74) is 1.86.